The molecule has 0 saturated heterocycles. The monoisotopic (exact) mass is 530 g/mol. The van der Waals surface area contributed by atoms with Gasteiger partial charge in [0.15, 0.2) is 0 Å². The second kappa shape index (κ2) is 17.2. The molecule has 3 aromatic rings. The molecule has 0 atom stereocenters. The van der Waals surface area contributed by atoms with Crippen molar-refractivity contribution in [2.45, 2.75) is 26.7 Å². The minimum absolute atomic E-state index is 0.490. The zero-order valence-corrected chi connectivity index (χ0v) is 23.2. The topological polar surface area (TPSA) is 113 Å². The van der Waals surface area contributed by atoms with Crippen LogP contribution in [-0.2, 0) is 9.53 Å². The molecular formula is C30H38N6O3. The molecule has 2 aromatic heterocycles. The Labute approximate surface area is 230 Å². The third-order valence-electron chi connectivity index (χ3n) is 5.69. The number of para-hydroxylation sites is 1. The van der Waals surface area contributed by atoms with Gasteiger partial charge in [0.25, 0.3) is 0 Å². The van der Waals surface area contributed by atoms with E-state index in [2.05, 4.69) is 27.1 Å². The van der Waals surface area contributed by atoms with E-state index in [1.165, 1.54) is 0 Å². The number of benzene rings is 1. The van der Waals surface area contributed by atoms with Crippen LogP contribution in [0.4, 0.5) is 11.4 Å². The number of anilines is 2. The molecule has 0 radical (unpaired) electrons. The Morgan fingerprint density at radius 3 is 2.62 bits per heavy atom. The van der Waals surface area contributed by atoms with Crippen LogP contribution < -0.4 is 20.7 Å². The van der Waals surface area contributed by atoms with Gasteiger partial charge in [-0.25, -0.2) is 4.52 Å². The van der Waals surface area contributed by atoms with Crippen molar-refractivity contribution in [3.05, 3.63) is 89.6 Å². The largest absolute Gasteiger partial charge is 0.461 e. The normalized spacial score (nSPS) is 12.0. The number of ether oxygens (including phenoxy) is 2. The Bertz CT molecular complexity index is 1300. The number of allylic oxidation sites excluding steroid dienone is 4. The van der Waals surface area contributed by atoms with Crippen molar-refractivity contribution >= 4 is 23.7 Å². The van der Waals surface area contributed by atoms with Gasteiger partial charge in [0.2, 0.25) is 0 Å². The number of fused-ring (bicyclic) bond motifs is 1. The van der Waals surface area contributed by atoms with Gasteiger partial charge in [0.05, 0.1) is 34.8 Å². The lowest BCUT2D eigenvalue weighted by molar-refractivity contribution is -0.0980. The molecule has 1 aliphatic rings. The molecule has 0 aliphatic heterocycles. The first-order valence-corrected chi connectivity index (χ1v) is 12.8. The van der Waals surface area contributed by atoms with E-state index in [-0.39, 0.29) is 0 Å². The van der Waals surface area contributed by atoms with Gasteiger partial charge >= 0.3 is 0 Å². The fourth-order valence-corrected chi connectivity index (χ4v) is 3.80. The Morgan fingerprint density at radius 2 is 1.95 bits per heavy atom. The maximum Gasteiger partial charge on any atom is 0.126 e. The summed E-state index contributed by atoms with van der Waals surface area (Å²) in [5, 5.41) is 23.6. The van der Waals surface area contributed by atoms with Crippen LogP contribution in [0.1, 0.15) is 30.9 Å². The van der Waals surface area contributed by atoms with Gasteiger partial charge in [0, 0.05) is 37.9 Å². The van der Waals surface area contributed by atoms with Gasteiger partial charge < -0.3 is 30.2 Å². The minimum Gasteiger partial charge on any atom is -0.461 e. The summed E-state index contributed by atoms with van der Waals surface area (Å²) >= 11 is 0. The summed E-state index contributed by atoms with van der Waals surface area (Å²) < 4.78 is 12.8. The quantitative estimate of drug-likeness (QED) is 0.306. The van der Waals surface area contributed by atoms with Gasteiger partial charge in [-0.3, -0.25) is 0 Å². The number of nitrogens with zero attached hydrogens (tertiary/aromatic N) is 3. The Balaban J connectivity index is 0.000000460. The molecule has 0 saturated carbocycles. The van der Waals surface area contributed by atoms with E-state index < -0.39 is 0 Å². The standard InChI is InChI=1S/C23H21N5O.C6H15NO.CH2O/c1-16-21(25-2)15-28-23(16)22(17(13-24)14-26-28)27-18-7-6-10-20(12-11-18)29-19-8-4-3-5-9-19;1-3-8-6-4-5-7-2;1-2/h3-9,11-12,14-15,25,27H,10H2,1-2H3;7H,3-6H2,1-2H3;1H2. The van der Waals surface area contributed by atoms with Crippen molar-refractivity contribution in [1.29, 1.82) is 5.26 Å². The van der Waals surface area contributed by atoms with E-state index in [1.54, 1.807) is 10.7 Å². The van der Waals surface area contributed by atoms with Crippen LogP contribution in [0.3, 0.4) is 0 Å². The average molecular weight is 531 g/mol. The van der Waals surface area contributed by atoms with Crippen LogP contribution in [0, 0.1) is 18.3 Å². The van der Waals surface area contributed by atoms with E-state index in [0.29, 0.717) is 12.0 Å². The third-order valence-corrected chi connectivity index (χ3v) is 5.69. The summed E-state index contributed by atoms with van der Waals surface area (Å²) in [7, 11) is 3.82. The minimum atomic E-state index is 0.490. The van der Waals surface area contributed by atoms with Gasteiger partial charge in [-0.1, -0.05) is 24.3 Å². The highest BCUT2D eigenvalue weighted by Gasteiger charge is 2.16. The second-order valence-corrected chi connectivity index (χ2v) is 8.31. The van der Waals surface area contributed by atoms with E-state index in [0.717, 1.165) is 65.8 Å². The lowest BCUT2D eigenvalue weighted by atomic mass is 10.1. The molecule has 1 aliphatic carbocycles. The van der Waals surface area contributed by atoms with Crippen LogP contribution in [-0.4, -0.2) is 50.3 Å². The Kier molecular flexibility index (Phi) is 13.6. The maximum absolute atomic E-state index is 9.60. The summed E-state index contributed by atoms with van der Waals surface area (Å²) in [6.07, 6.45) is 13.2. The van der Waals surface area contributed by atoms with Crippen molar-refractivity contribution in [2.24, 2.45) is 0 Å². The van der Waals surface area contributed by atoms with Crippen LogP contribution in [0.2, 0.25) is 0 Å². The van der Waals surface area contributed by atoms with Gasteiger partial charge in [-0.15, -0.1) is 0 Å². The fourth-order valence-electron chi connectivity index (χ4n) is 3.80. The highest BCUT2D eigenvalue weighted by molar-refractivity contribution is 5.86. The van der Waals surface area contributed by atoms with Crippen molar-refractivity contribution in [3.63, 3.8) is 0 Å². The van der Waals surface area contributed by atoms with Crippen LogP contribution in [0.5, 0.6) is 5.75 Å². The number of aryl methyl sites for hydroxylation is 1. The highest BCUT2D eigenvalue weighted by atomic mass is 16.5. The number of nitriles is 1. The van der Waals surface area contributed by atoms with Gasteiger partial charge in [-0.05, 0) is 64.2 Å². The first-order valence-electron chi connectivity index (χ1n) is 12.8. The number of carbonyl (C=O) groups excluding carboxylic acids is 1. The number of hydrogen-bond acceptors (Lipinski definition) is 8. The summed E-state index contributed by atoms with van der Waals surface area (Å²) in [5.41, 5.74) is 4.97. The molecule has 9 heteroatoms. The zero-order valence-electron chi connectivity index (χ0n) is 23.2. The lowest BCUT2D eigenvalue weighted by Crippen LogP contribution is -2.10. The maximum atomic E-state index is 9.60. The van der Waals surface area contributed by atoms with Gasteiger partial charge in [0.1, 0.15) is 24.4 Å². The molecule has 0 fully saturated rings. The molecular weight excluding hydrogens is 492 g/mol. The lowest BCUT2D eigenvalue weighted by Gasteiger charge is -2.11. The molecule has 0 spiro atoms. The van der Waals surface area contributed by atoms with E-state index in [1.807, 2.05) is 95.6 Å². The number of rotatable bonds is 10. The second-order valence-electron chi connectivity index (χ2n) is 8.31. The molecule has 0 amide bonds. The average Bonchev–Trinajstić information content (AvgIpc) is 3.15. The van der Waals surface area contributed by atoms with Crippen LogP contribution >= 0.6 is 0 Å². The number of nitrogens with one attached hydrogen (secondary N) is 3. The van der Waals surface area contributed by atoms with E-state index in [9.17, 15) is 5.26 Å². The highest BCUT2D eigenvalue weighted by Crippen LogP contribution is 2.31. The molecule has 3 N–H and O–H groups in total. The number of aromatic nitrogens is 2. The molecule has 0 unspecified atom stereocenters. The molecule has 9 nitrogen and oxygen atoms in total. The number of carbonyl (C=O) groups is 1. The Hall–Kier alpha value is -4.39. The molecule has 4 rings (SSSR count). The predicted octanol–water partition coefficient (Wildman–Crippen LogP) is 5.22. The molecule has 0 bridgehead atoms. The first kappa shape index (κ1) is 30.8. The fraction of sp³-hybridized carbons (Fsp3) is 0.300. The predicted molar refractivity (Wildman–Crippen MR) is 157 cm³/mol. The van der Waals surface area contributed by atoms with Crippen molar-refractivity contribution in [3.8, 4) is 11.8 Å². The first-order chi connectivity index (χ1) is 19.1. The summed E-state index contributed by atoms with van der Waals surface area (Å²) in [6.45, 7) is 8.80. The molecule has 39 heavy (non-hydrogen) atoms. The summed E-state index contributed by atoms with van der Waals surface area (Å²) in [4.78, 5) is 8.00. The van der Waals surface area contributed by atoms with Crippen molar-refractivity contribution in [2.75, 3.05) is 44.5 Å². The molecule has 1 aromatic carbocycles. The molecule has 2 heterocycles. The zero-order chi connectivity index (χ0) is 28.5. The Morgan fingerprint density at radius 1 is 1.18 bits per heavy atom. The summed E-state index contributed by atoms with van der Waals surface area (Å²) in [5.74, 6) is 1.66. The molecule has 206 valence electrons. The van der Waals surface area contributed by atoms with Crippen LogP contribution in [0.15, 0.2) is 78.5 Å². The van der Waals surface area contributed by atoms with E-state index >= 15 is 0 Å². The SMILES string of the molecule is C=O.CCOCCCNC.CNc1cn2ncc(C#N)c(NC3=CC=C(Oc4ccccc4)CC=C3)c2c1C. The smallest absolute Gasteiger partial charge is 0.126 e. The van der Waals surface area contributed by atoms with E-state index in [4.69, 9.17) is 14.3 Å². The van der Waals surface area contributed by atoms with Gasteiger partial charge in [-0.2, -0.15) is 10.4 Å². The number of hydrogen-bond donors (Lipinski definition) is 3. The summed E-state index contributed by atoms with van der Waals surface area (Å²) in [6, 6.07) is 12.0. The van der Waals surface area contributed by atoms with Crippen LogP contribution in [0.25, 0.3) is 5.52 Å². The third kappa shape index (κ3) is 9.14. The van der Waals surface area contributed by atoms with Crippen molar-refractivity contribution in [1.82, 2.24) is 14.9 Å². The van der Waals surface area contributed by atoms with Crippen molar-refractivity contribution < 1.29 is 14.3 Å².